The van der Waals surface area contributed by atoms with Gasteiger partial charge in [-0.2, -0.15) is 0 Å². The lowest BCUT2D eigenvalue weighted by Crippen LogP contribution is -2.10. The number of fused-ring (bicyclic) bond motifs is 1. The Labute approximate surface area is 89.5 Å². The number of halogens is 2. The van der Waals surface area contributed by atoms with Gasteiger partial charge in [-0.25, -0.2) is 0 Å². The fraction of sp³-hybridized carbons (Fsp3) is 0.167. The van der Waals surface area contributed by atoms with Gasteiger partial charge in [0.25, 0.3) is 0 Å². The third-order valence-corrected chi connectivity index (χ3v) is 3.58. The summed E-state index contributed by atoms with van der Waals surface area (Å²) >= 11 is 0. The summed E-state index contributed by atoms with van der Waals surface area (Å²) < 4.78 is 25.5. The van der Waals surface area contributed by atoms with E-state index < -0.39 is 15.0 Å². The molecule has 0 fully saturated rings. The Bertz CT molecular complexity index is 463. The van der Waals surface area contributed by atoms with E-state index in [-0.39, 0.29) is 0 Å². The maximum absolute atomic E-state index is 12.7. The largest absolute Gasteiger partial charge is 0.484 e. The summed E-state index contributed by atoms with van der Waals surface area (Å²) in [4.78, 5) is 0. The quantitative estimate of drug-likeness (QED) is 0.533. The molecular weight excluding hydrogens is 210 g/mol. The summed E-state index contributed by atoms with van der Waals surface area (Å²) in [5.41, 5.74) is 0.160. The van der Waals surface area contributed by atoms with Crippen LogP contribution in [0.5, 0.6) is 0 Å². The van der Waals surface area contributed by atoms with E-state index >= 15 is 0 Å². The molecule has 0 amide bonds. The van der Waals surface area contributed by atoms with E-state index in [1.165, 1.54) is 0 Å². The normalized spacial score (nSPS) is 13.3. The summed E-state index contributed by atoms with van der Waals surface area (Å²) in [5.74, 6) is 0. The van der Waals surface area contributed by atoms with Gasteiger partial charge in [0.05, 0.1) is 0 Å². The highest BCUT2D eigenvalue weighted by atomic mass is 28.4. The molecule has 0 spiro atoms. The van der Waals surface area contributed by atoms with Crippen molar-refractivity contribution in [2.75, 3.05) is 0 Å². The van der Waals surface area contributed by atoms with Gasteiger partial charge in [-0.1, -0.05) is 49.4 Å². The summed E-state index contributed by atoms with van der Waals surface area (Å²) in [7, 11) is -3.26. The molecule has 0 saturated carbocycles. The van der Waals surface area contributed by atoms with E-state index in [9.17, 15) is 8.22 Å². The lowest BCUT2D eigenvalue weighted by molar-refractivity contribution is 0.626. The van der Waals surface area contributed by atoms with Crippen molar-refractivity contribution in [2.45, 2.75) is 12.5 Å². The van der Waals surface area contributed by atoms with Crippen LogP contribution < -0.4 is 0 Å². The summed E-state index contributed by atoms with van der Waals surface area (Å²) in [5, 5.41) is 1.98. The van der Waals surface area contributed by atoms with Crippen molar-refractivity contribution in [3.63, 3.8) is 0 Å². The van der Waals surface area contributed by atoms with Gasteiger partial charge in [0, 0.05) is 5.54 Å². The van der Waals surface area contributed by atoms with Gasteiger partial charge in [0.15, 0.2) is 0 Å². The van der Waals surface area contributed by atoms with Gasteiger partial charge < -0.3 is 0 Å². The second-order valence-corrected chi connectivity index (χ2v) is 5.03. The zero-order valence-electron chi connectivity index (χ0n) is 8.37. The molecule has 0 heterocycles. The highest BCUT2D eigenvalue weighted by Crippen LogP contribution is 2.27. The molecule has 2 aromatic rings. The van der Waals surface area contributed by atoms with Crippen LogP contribution in [0.1, 0.15) is 18.0 Å². The SMILES string of the molecule is CC(c1cccc2ccccc12)[Si](F)F. The molecule has 2 rings (SSSR count). The highest BCUT2D eigenvalue weighted by Gasteiger charge is 2.24. The first kappa shape index (κ1) is 10.3. The predicted octanol–water partition coefficient (Wildman–Crippen LogP) is 3.91. The average molecular weight is 221 g/mol. The van der Waals surface area contributed by atoms with E-state index in [1.807, 2.05) is 36.4 Å². The molecule has 1 radical (unpaired) electrons. The van der Waals surface area contributed by atoms with Crippen molar-refractivity contribution < 1.29 is 8.22 Å². The Morgan fingerprint density at radius 1 is 1.00 bits per heavy atom. The molecule has 2 aromatic carbocycles. The Hall–Kier alpha value is -1.22. The lowest BCUT2D eigenvalue weighted by atomic mass is 10.0. The molecule has 0 N–H and O–H groups in total. The molecule has 77 valence electrons. The van der Waals surface area contributed by atoms with Crippen LogP contribution in [0.2, 0.25) is 0 Å². The smallest absolute Gasteiger partial charge is 0.267 e. The standard InChI is InChI=1S/C12H11F2Si/c1-9(15(13)14)11-8-4-6-10-5-2-3-7-12(10)11/h2-9H,1H3. The monoisotopic (exact) mass is 221 g/mol. The molecule has 1 atom stereocenters. The minimum Gasteiger partial charge on any atom is -0.267 e. The van der Waals surface area contributed by atoms with Crippen molar-refractivity contribution in [1.29, 1.82) is 0 Å². The Morgan fingerprint density at radius 2 is 1.67 bits per heavy atom. The van der Waals surface area contributed by atoms with Crippen LogP contribution in [0.15, 0.2) is 42.5 Å². The molecule has 0 aliphatic carbocycles. The first-order valence-corrected chi connectivity index (χ1v) is 6.19. The van der Waals surface area contributed by atoms with Gasteiger partial charge in [0.1, 0.15) is 0 Å². The van der Waals surface area contributed by atoms with Gasteiger partial charge in [-0.05, 0) is 16.3 Å². The van der Waals surface area contributed by atoms with Crippen molar-refractivity contribution in [2.24, 2.45) is 0 Å². The second-order valence-electron chi connectivity index (χ2n) is 3.58. The molecule has 0 aromatic heterocycles. The summed E-state index contributed by atoms with van der Waals surface area (Å²) in [6.07, 6.45) is 0. The van der Waals surface area contributed by atoms with E-state index in [2.05, 4.69) is 0 Å². The van der Waals surface area contributed by atoms with Crippen molar-refractivity contribution >= 4 is 20.2 Å². The maximum atomic E-state index is 12.7. The molecular formula is C12H11F2Si. The van der Waals surface area contributed by atoms with Crippen LogP contribution >= 0.6 is 0 Å². The average Bonchev–Trinajstić information content (AvgIpc) is 2.27. The first-order valence-electron chi connectivity index (χ1n) is 4.85. The number of hydrogen-bond acceptors (Lipinski definition) is 0. The maximum Gasteiger partial charge on any atom is 0.484 e. The van der Waals surface area contributed by atoms with Gasteiger partial charge in [-0.15, -0.1) is 0 Å². The zero-order chi connectivity index (χ0) is 10.8. The number of benzene rings is 2. The van der Waals surface area contributed by atoms with Gasteiger partial charge in [-0.3, -0.25) is 8.22 Å². The third-order valence-electron chi connectivity index (χ3n) is 2.62. The summed E-state index contributed by atoms with van der Waals surface area (Å²) in [6.45, 7) is 1.61. The topological polar surface area (TPSA) is 0 Å². The van der Waals surface area contributed by atoms with Crippen LogP contribution in [-0.2, 0) is 0 Å². The Kier molecular flexibility index (Phi) is 2.82. The van der Waals surface area contributed by atoms with E-state index in [0.29, 0.717) is 0 Å². The van der Waals surface area contributed by atoms with Gasteiger partial charge >= 0.3 is 9.46 Å². The van der Waals surface area contributed by atoms with E-state index in [0.717, 1.165) is 16.3 Å². The number of hydrogen-bond donors (Lipinski definition) is 0. The molecule has 0 aliphatic rings. The van der Waals surface area contributed by atoms with Crippen LogP contribution in [0.3, 0.4) is 0 Å². The van der Waals surface area contributed by atoms with Crippen molar-refractivity contribution in [3.8, 4) is 0 Å². The molecule has 0 aliphatic heterocycles. The van der Waals surface area contributed by atoms with Crippen LogP contribution in [0.25, 0.3) is 10.8 Å². The van der Waals surface area contributed by atoms with E-state index in [1.54, 1.807) is 13.0 Å². The van der Waals surface area contributed by atoms with Crippen molar-refractivity contribution in [3.05, 3.63) is 48.0 Å². The molecule has 0 saturated heterocycles. The predicted molar refractivity (Wildman–Crippen MR) is 60.3 cm³/mol. The van der Waals surface area contributed by atoms with Crippen LogP contribution in [0.4, 0.5) is 8.22 Å². The Morgan fingerprint density at radius 3 is 2.40 bits per heavy atom. The van der Waals surface area contributed by atoms with Crippen LogP contribution in [0, 0.1) is 0 Å². The summed E-state index contributed by atoms with van der Waals surface area (Å²) in [6, 6.07) is 13.3. The second kappa shape index (κ2) is 4.11. The molecule has 0 bridgehead atoms. The Balaban J connectivity index is 2.60. The third kappa shape index (κ3) is 1.92. The number of rotatable bonds is 2. The fourth-order valence-corrected chi connectivity index (χ4v) is 2.23. The van der Waals surface area contributed by atoms with Crippen LogP contribution in [-0.4, -0.2) is 9.46 Å². The van der Waals surface area contributed by atoms with Gasteiger partial charge in [0.2, 0.25) is 0 Å². The molecule has 1 unspecified atom stereocenters. The minimum absolute atomic E-state index is 0.610. The molecule has 15 heavy (non-hydrogen) atoms. The minimum atomic E-state index is -3.26. The zero-order valence-corrected chi connectivity index (χ0v) is 9.37. The lowest BCUT2D eigenvalue weighted by Gasteiger charge is -2.11. The van der Waals surface area contributed by atoms with Crippen molar-refractivity contribution in [1.82, 2.24) is 0 Å². The molecule has 0 nitrogen and oxygen atoms in total. The fourth-order valence-electron chi connectivity index (χ4n) is 1.75. The van der Waals surface area contributed by atoms with E-state index in [4.69, 9.17) is 0 Å². The highest BCUT2D eigenvalue weighted by molar-refractivity contribution is 6.45. The first-order chi connectivity index (χ1) is 7.20. The molecule has 3 heteroatoms.